The molecule has 0 aliphatic carbocycles. The second-order valence-corrected chi connectivity index (χ2v) is 10.4. The molecule has 1 aromatic carbocycles. The van der Waals surface area contributed by atoms with Crippen LogP contribution in [0, 0.1) is 0 Å². The van der Waals surface area contributed by atoms with Crippen molar-refractivity contribution in [3.05, 3.63) is 50.6 Å². The molecule has 1 aliphatic heterocycles. The molecule has 0 unspecified atom stereocenters. The smallest absolute Gasteiger partial charge is 0.185 e. The summed E-state index contributed by atoms with van der Waals surface area (Å²) in [7, 11) is -3.41. The van der Waals surface area contributed by atoms with Gasteiger partial charge in [0.2, 0.25) is 0 Å². The fourth-order valence-corrected chi connectivity index (χ4v) is 6.08. The van der Waals surface area contributed by atoms with Crippen molar-refractivity contribution in [3.8, 4) is 0 Å². The topological polar surface area (TPSA) is 43.0 Å². The highest BCUT2D eigenvalue weighted by molar-refractivity contribution is 7.91. The van der Waals surface area contributed by atoms with E-state index in [0.717, 1.165) is 32.7 Å². The summed E-state index contributed by atoms with van der Waals surface area (Å²) in [6.45, 7) is 5.83. The zero-order valence-electron chi connectivity index (χ0n) is 13.8. The maximum absolute atomic E-state index is 12.6. The lowest BCUT2D eigenvalue weighted by Gasteiger charge is -2.29. The highest BCUT2D eigenvalue weighted by Gasteiger charge is 2.26. The van der Waals surface area contributed by atoms with Gasteiger partial charge in [0.05, 0.1) is 21.3 Å². The molecule has 4 nitrogen and oxygen atoms in total. The highest BCUT2D eigenvalue weighted by Crippen LogP contribution is 2.25. The van der Waals surface area contributed by atoms with Crippen LogP contribution in [0.2, 0.25) is 10.0 Å². The minimum atomic E-state index is -3.41. The largest absolute Gasteiger partial charge is 0.325 e. The van der Waals surface area contributed by atoms with E-state index in [4.69, 9.17) is 23.2 Å². The minimum absolute atomic E-state index is 0.0999. The molecular weight excluding hydrogens is 399 g/mol. The number of quaternary nitrogens is 2. The molecule has 2 N–H and O–H groups in total. The Hall–Kier alpha value is -0.630. The van der Waals surface area contributed by atoms with Gasteiger partial charge < -0.3 is 9.80 Å². The fraction of sp³-hybridized carbons (Fsp3) is 0.412. The predicted molar refractivity (Wildman–Crippen MR) is 103 cm³/mol. The van der Waals surface area contributed by atoms with Gasteiger partial charge in [0.15, 0.2) is 9.84 Å². The number of sulfone groups is 1. The monoisotopic (exact) mass is 420 g/mol. The van der Waals surface area contributed by atoms with Gasteiger partial charge in [-0.3, -0.25) is 0 Å². The maximum atomic E-state index is 12.6. The first-order valence-corrected chi connectivity index (χ1v) is 11.6. The number of hydrogen-bond acceptors (Lipinski definition) is 3. The molecule has 1 fully saturated rings. The number of thiophene rings is 1. The number of piperazine rings is 1. The fourth-order valence-electron chi connectivity index (χ4n) is 3.15. The molecule has 0 bridgehead atoms. The number of rotatable bonds is 6. The van der Waals surface area contributed by atoms with Crippen molar-refractivity contribution in [2.24, 2.45) is 0 Å². The Balaban J connectivity index is 1.51. The van der Waals surface area contributed by atoms with E-state index in [1.807, 2.05) is 0 Å². The van der Waals surface area contributed by atoms with E-state index in [0.29, 0.717) is 11.6 Å². The summed E-state index contributed by atoms with van der Waals surface area (Å²) < 4.78 is 25.1. The lowest BCUT2D eigenvalue weighted by molar-refractivity contribution is -1.02. The molecule has 3 rings (SSSR count). The molecule has 1 aliphatic rings. The maximum Gasteiger partial charge on any atom is 0.185 e. The molecule has 25 heavy (non-hydrogen) atoms. The molecule has 136 valence electrons. The molecule has 0 saturated carbocycles. The van der Waals surface area contributed by atoms with Crippen molar-refractivity contribution < 1.29 is 18.2 Å². The molecule has 0 spiro atoms. The second-order valence-electron chi connectivity index (χ2n) is 6.40. The minimum Gasteiger partial charge on any atom is -0.325 e. The molecule has 0 amide bonds. The first kappa shape index (κ1) is 19.1. The SMILES string of the molecule is O=S(=O)(CC[NH+]1CC[NH+](Cc2cccs2)CC1)c1cc(Cl)ccc1Cl. The molecule has 1 aromatic heterocycles. The van der Waals surface area contributed by atoms with E-state index < -0.39 is 9.84 Å². The molecule has 1 saturated heterocycles. The van der Waals surface area contributed by atoms with Gasteiger partial charge in [-0.1, -0.05) is 29.3 Å². The third-order valence-corrected chi connectivity index (χ3v) is 7.92. The van der Waals surface area contributed by atoms with Crippen molar-refractivity contribution in [2.75, 3.05) is 38.5 Å². The van der Waals surface area contributed by atoms with Crippen LogP contribution in [0.15, 0.2) is 40.6 Å². The average molecular weight is 421 g/mol. The van der Waals surface area contributed by atoms with Gasteiger partial charge in [0, 0.05) is 5.02 Å². The molecule has 2 aromatic rings. The molecule has 0 atom stereocenters. The van der Waals surface area contributed by atoms with Crippen molar-refractivity contribution in [1.82, 2.24) is 0 Å². The number of benzene rings is 1. The Morgan fingerprint density at radius 1 is 1.04 bits per heavy atom. The Morgan fingerprint density at radius 2 is 1.76 bits per heavy atom. The van der Waals surface area contributed by atoms with Gasteiger partial charge in [-0.25, -0.2) is 8.42 Å². The number of nitrogens with one attached hydrogen (secondary N) is 2. The number of halogens is 2. The van der Waals surface area contributed by atoms with Crippen LogP contribution in [-0.2, 0) is 16.4 Å². The summed E-state index contributed by atoms with van der Waals surface area (Å²) >= 11 is 13.8. The molecule has 2 heterocycles. The van der Waals surface area contributed by atoms with Gasteiger partial charge in [0.25, 0.3) is 0 Å². The van der Waals surface area contributed by atoms with E-state index in [1.54, 1.807) is 22.3 Å². The van der Waals surface area contributed by atoms with E-state index in [-0.39, 0.29) is 15.7 Å². The van der Waals surface area contributed by atoms with Crippen LogP contribution in [0.25, 0.3) is 0 Å². The van der Waals surface area contributed by atoms with Gasteiger partial charge >= 0.3 is 0 Å². The lowest BCUT2D eigenvalue weighted by atomic mass is 10.3. The van der Waals surface area contributed by atoms with Crippen molar-refractivity contribution >= 4 is 44.4 Å². The van der Waals surface area contributed by atoms with Crippen LogP contribution >= 0.6 is 34.5 Å². The van der Waals surface area contributed by atoms with Gasteiger partial charge in [0.1, 0.15) is 38.5 Å². The zero-order chi connectivity index (χ0) is 17.9. The van der Waals surface area contributed by atoms with Crippen LogP contribution in [0.5, 0.6) is 0 Å². The van der Waals surface area contributed by atoms with Crippen molar-refractivity contribution in [1.29, 1.82) is 0 Å². The summed E-state index contributed by atoms with van der Waals surface area (Å²) in [5, 5.41) is 2.74. The van der Waals surface area contributed by atoms with E-state index in [2.05, 4.69) is 17.5 Å². The summed E-state index contributed by atoms with van der Waals surface area (Å²) in [4.78, 5) is 4.48. The van der Waals surface area contributed by atoms with Gasteiger partial charge in [-0.05, 0) is 29.6 Å². The molecule has 0 radical (unpaired) electrons. The zero-order valence-corrected chi connectivity index (χ0v) is 16.9. The van der Waals surface area contributed by atoms with E-state index in [1.165, 1.54) is 21.9 Å². The first-order valence-electron chi connectivity index (χ1n) is 8.31. The summed E-state index contributed by atoms with van der Waals surface area (Å²) in [5.41, 5.74) is 0. The van der Waals surface area contributed by atoms with Gasteiger partial charge in [-0.15, -0.1) is 11.3 Å². The van der Waals surface area contributed by atoms with Crippen LogP contribution in [0.4, 0.5) is 0 Å². The van der Waals surface area contributed by atoms with Gasteiger partial charge in [-0.2, -0.15) is 0 Å². The highest BCUT2D eigenvalue weighted by atomic mass is 35.5. The predicted octanol–water partition coefficient (Wildman–Crippen LogP) is 0.812. The first-order chi connectivity index (χ1) is 11.9. The third-order valence-electron chi connectivity index (χ3n) is 4.62. The average Bonchev–Trinajstić information content (AvgIpc) is 3.09. The third kappa shape index (κ3) is 5.18. The lowest BCUT2D eigenvalue weighted by Crippen LogP contribution is -3.27. The number of hydrogen-bond donors (Lipinski definition) is 2. The second kappa shape index (κ2) is 8.37. The standard InChI is InChI=1S/C17H20Cl2N2O2S2/c18-14-3-4-16(19)17(12-14)25(22,23)11-9-20-5-7-21(8-6-20)13-15-2-1-10-24-15/h1-4,10,12H,5-9,11,13H2/p+2. The van der Waals surface area contributed by atoms with Crippen molar-refractivity contribution in [3.63, 3.8) is 0 Å². The Kier molecular flexibility index (Phi) is 6.41. The Labute approximate surface area is 162 Å². The Bertz CT molecular complexity index is 802. The van der Waals surface area contributed by atoms with Crippen LogP contribution < -0.4 is 9.80 Å². The van der Waals surface area contributed by atoms with Crippen molar-refractivity contribution in [2.45, 2.75) is 11.4 Å². The van der Waals surface area contributed by atoms with Crippen LogP contribution in [0.3, 0.4) is 0 Å². The normalized spacial score (nSPS) is 21.4. The molecular formula is C17H22Cl2N2O2S2+2. The Morgan fingerprint density at radius 3 is 2.44 bits per heavy atom. The van der Waals surface area contributed by atoms with Crippen LogP contribution in [-0.4, -0.2) is 46.9 Å². The van der Waals surface area contributed by atoms with E-state index in [9.17, 15) is 8.42 Å². The molecule has 8 heteroatoms. The summed E-state index contributed by atoms with van der Waals surface area (Å²) in [5.74, 6) is 0.0999. The van der Waals surface area contributed by atoms with Crippen LogP contribution in [0.1, 0.15) is 4.88 Å². The summed E-state index contributed by atoms with van der Waals surface area (Å²) in [6.07, 6.45) is 0. The summed E-state index contributed by atoms with van der Waals surface area (Å²) in [6, 6.07) is 8.85. The quantitative estimate of drug-likeness (QED) is 0.725. The van der Waals surface area contributed by atoms with E-state index >= 15 is 0 Å².